The number of benzene rings is 3. The molecule has 6 rings (SSSR count). The van der Waals surface area contributed by atoms with Gasteiger partial charge < -0.3 is 15.4 Å². The van der Waals surface area contributed by atoms with Crippen molar-refractivity contribution in [3.05, 3.63) is 109 Å². The normalized spacial score (nSPS) is 11.3. The predicted molar refractivity (Wildman–Crippen MR) is 155 cm³/mol. The van der Waals surface area contributed by atoms with Gasteiger partial charge in [0.15, 0.2) is 5.82 Å². The lowest BCUT2D eigenvalue weighted by Gasteiger charge is -2.15. The first kappa shape index (κ1) is 26.6. The van der Waals surface area contributed by atoms with Crippen LogP contribution in [0.5, 0.6) is 11.6 Å². The van der Waals surface area contributed by atoms with Crippen LogP contribution in [-0.2, 0) is 6.18 Å². The fourth-order valence-corrected chi connectivity index (χ4v) is 4.48. The van der Waals surface area contributed by atoms with Gasteiger partial charge in [0.05, 0.1) is 16.8 Å². The molecule has 42 heavy (non-hydrogen) atoms. The van der Waals surface area contributed by atoms with E-state index in [9.17, 15) is 13.2 Å². The molecule has 8 nitrogen and oxygen atoms in total. The maximum Gasteiger partial charge on any atom is 0.417 e. The summed E-state index contributed by atoms with van der Waals surface area (Å²) in [6, 6.07) is 25.0. The third kappa shape index (κ3) is 5.39. The molecule has 0 spiro atoms. The Morgan fingerprint density at radius 1 is 0.714 bits per heavy atom. The third-order valence-corrected chi connectivity index (χ3v) is 6.43. The lowest BCUT2D eigenvalue weighted by molar-refractivity contribution is -0.137. The molecule has 0 unspecified atom stereocenters. The van der Waals surface area contributed by atoms with Crippen LogP contribution in [0.15, 0.2) is 103 Å². The van der Waals surface area contributed by atoms with E-state index in [1.165, 1.54) is 12.1 Å². The molecule has 0 amide bonds. The topological polar surface area (TPSA) is 97.7 Å². The lowest BCUT2D eigenvalue weighted by Crippen LogP contribution is -2.08. The highest BCUT2D eigenvalue weighted by atomic mass is 19.4. The summed E-state index contributed by atoms with van der Waals surface area (Å²) in [7, 11) is 1.74. The molecule has 0 aliphatic rings. The van der Waals surface area contributed by atoms with Crippen molar-refractivity contribution in [2.75, 3.05) is 17.7 Å². The van der Waals surface area contributed by atoms with Gasteiger partial charge in [-0.1, -0.05) is 42.5 Å². The van der Waals surface area contributed by atoms with Gasteiger partial charge in [-0.05, 0) is 48.5 Å². The molecule has 0 saturated carbocycles. The zero-order valence-corrected chi connectivity index (χ0v) is 22.1. The molecule has 0 fully saturated rings. The number of nitrogens with zero attached hydrogens (tertiary/aromatic N) is 5. The van der Waals surface area contributed by atoms with Crippen molar-refractivity contribution < 1.29 is 17.9 Å². The average Bonchev–Trinajstić information content (AvgIpc) is 3.02. The van der Waals surface area contributed by atoms with Crippen molar-refractivity contribution in [1.82, 2.24) is 25.1 Å². The second-order valence-electron chi connectivity index (χ2n) is 9.11. The van der Waals surface area contributed by atoms with E-state index in [0.29, 0.717) is 51.1 Å². The van der Waals surface area contributed by atoms with Crippen molar-refractivity contribution in [1.29, 1.82) is 0 Å². The Kier molecular flexibility index (Phi) is 7.05. The molecule has 2 N–H and O–H groups in total. The van der Waals surface area contributed by atoms with Gasteiger partial charge >= 0.3 is 6.18 Å². The van der Waals surface area contributed by atoms with E-state index in [1.807, 2.05) is 6.07 Å². The van der Waals surface area contributed by atoms with Crippen molar-refractivity contribution in [3.63, 3.8) is 0 Å². The van der Waals surface area contributed by atoms with Crippen LogP contribution in [0.2, 0.25) is 0 Å². The molecule has 0 saturated heterocycles. The zero-order chi connectivity index (χ0) is 29.1. The minimum atomic E-state index is -4.53. The number of hydrogen-bond donors (Lipinski definition) is 2. The highest BCUT2D eigenvalue weighted by molar-refractivity contribution is 6.01. The van der Waals surface area contributed by atoms with Gasteiger partial charge in [0.2, 0.25) is 11.8 Å². The van der Waals surface area contributed by atoms with Gasteiger partial charge in [-0.25, -0.2) is 15.0 Å². The standard InChI is InChI=1S/C31H22F3N7O/c1-35-30-37-18-16-26(39-30)24-10-6-17-36-29(24)42-20-14-12-19(13-15-20)38-28-22-8-3-2-7-21(22)27(40-41-28)23-9-4-5-11-25(23)31(32,33)34/h2-18H,1H3,(H,38,41)(H,35,37,39). The molecule has 0 atom stereocenters. The van der Waals surface area contributed by atoms with Crippen LogP contribution >= 0.6 is 0 Å². The number of hydrogen-bond acceptors (Lipinski definition) is 8. The third-order valence-electron chi connectivity index (χ3n) is 6.43. The van der Waals surface area contributed by atoms with Crippen molar-refractivity contribution in [2.24, 2.45) is 0 Å². The Balaban J connectivity index is 1.27. The molecule has 3 heterocycles. The smallest absolute Gasteiger partial charge is 0.417 e. The minimum absolute atomic E-state index is 0.0280. The van der Waals surface area contributed by atoms with Crippen LogP contribution in [-0.4, -0.2) is 32.2 Å². The average molecular weight is 566 g/mol. The Morgan fingerprint density at radius 2 is 1.45 bits per heavy atom. The number of anilines is 3. The summed E-state index contributed by atoms with van der Waals surface area (Å²) in [6.07, 6.45) is -1.24. The first-order valence-electron chi connectivity index (χ1n) is 12.8. The van der Waals surface area contributed by atoms with Crippen LogP contribution in [0.1, 0.15) is 5.56 Å². The Labute approximate surface area is 238 Å². The fourth-order valence-electron chi connectivity index (χ4n) is 4.48. The quantitative estimate of drug-likeness (QED) is 0.203. The molecular formula is C31H22F3N7O. The number of ether oxygens (including phenoxy) is 1. The Morgan fingerprint density at radius 3 is 2.24 bits per heavy atom. The SMILES string of the molecule is CNc1nccc(-c2cccnc2Oc2ccc(Nc3nnc(-c4ccccc4C(F)(F)F)c4ccccc34)cc2)n1. The van der Waals surface area contributed by atoms with E-state index in [2.05, 4.69) is 35.8 Å². The van der Waals surface area contributed by atoms with E-state index < -0.39 is 11.7 Å². The highest BCUT2D eigenvalue weighted by Crippen LogP contribution is 2.39. The molecular weight excluding hydrogens is 543 g/mol. The number of pyridine rings is 1. The number of alkyl halides is 3. The number of nitrogens with one attached hydrogen (secondary N) is 2. The molecule has 0 aliphatic heterocycles. The van der Waals surface area contributed by atoms with Crippen LogP contribution in [0, 0.1) is 0 Å². The summed E-state index contributed by atoms with van der Waals surface area (Å²) in [5.74, 6) is 1.80. The summed E-state index contributed by atoms with van der Waals surface area (Å²) in [5.41, 5.74) is 1.40. The van der Waals surface area contributed by atoms with Crippen molar-refractivity contribution >= 4 is 28.2 Å². The van der Waals surface area contributed by atoms with Crippen LogP contribution in [0.25, 0.3) is 33.3 Å². The van der Waals surface area contributed by atoms with Gasteiger partial charge in [0.25, 0.3) is 0 Å². The van der Waals surface area contributed by atoms with Gasteiger partial charge in [-0.3, -0.25) is 0 Å². The first-order chi connectivity index (χ1) is 20.4. The highest BCUT2D eigenvalue weighted by Gasteiger charge is 2.34. The van der Waals surface area contributed by atoms with Crippen LogP contribution < -0.4 is 15.4 Å². The zero-order valence-electron chi connectivity index (χ0n) is 22.1. The van der Waals surface area contributed by atoms with Gasteiger partial charge in [-0.2, -0.15) is 13.2 Å². The largest absolute Gasteiger partial charge is 0.438 e. The number of rotatable bonds is 7. The first-order valence-corrected chi connectivity index (χ1v) is 12.8. The maximum absolute atomic E-state index is 13.7. The molecule has 0 radical (unpaired) electrons. The number of halogens is 3. The molecule has 0 aliphatic carbocycles. The Bertz CT molecular complexity index is 1880. The fraction of sp³-hybridized carbons (Fsp3) is 0.0645. The molecule has 6 aromatic rings. The molecule has 208 valence electrons. The summed E-state index contributed by atoms with van der Waals surface area (Å²) in [6.45, 7) is 0. The van der Waals surface area contributed by atoms with E-state index in [4.69, 9.17) is 4.74 Å². The Hall–Kier alpha value is -5.58. The van der Waals surface area contributed by atoms with Crippen LogP contribution in [0.4, 0.5) is 30.6 Å². The second-order valence-corrected chi connectivity index (χ2v) is 9.11. The van der Waals surface area contributed by atoms with E-state index in [-0.39, 0.29) is 11.3 Å². The van der Waals surface area contributed by atoms with E-state index >= 15 is 0 Å². The minimum Gasteiger partial charge on any atom is -0.438 e. The number of fused-ring (bicyclic) bond motifs is 1. The maximum atomic E-state index is 13.7. The van der Waals surface area contributed by atoms with Gasteiger partial charge in [0.1, 0.15) is 11.4 Å². The summed E-state index contributed by atoms with van der Waals surface area (Å²) < 4.78 is 47.3. The van der Waals surface area contributed by atoms with E-state index in [0.717, 1.165) is 6.07 Å². The van der Waals surface area contributed by atoms with Crippen molar-refractivity contribution in [3.8, 4) is 34.1 Å². The molecule has 11 heteroatoms. The van der Waals surface area contributed by atoms with E-state index in [1.54, 1.807) is 86.2 Å². The second kappa shape index (κ2) is 11.1. The molecule has 3 aromatic carbocycles. The van der Waals surface area contributed by atoms with Gasteiger partial charge in [-0.15, -0.1) is 10.2 Å². The predicted octanol–water partition coefficient (Wildman–Crippen LogP) is 7.75. The summed E-state index contributed by atoms with van der Waals surface area (Å²) in [5, 5.41) is 15.8. The van der Waals surface area contributed by atoms with Gasteiger partial charge in [0, 0.05) is 41.5 Å². The summed E-state index contributed by atoms with van der Waals surface area (Å²) in [4.78, 5) is 13.0. The lowest BCUT2D eigenvalue weighted by atomic mass is 9.99. The molecule has 3 aromatic heterocycles. The summed E-state index contributed by atoms with van der Waals surface area (Å²) >= 11 is 0. The van der Waals surface area contributed by atoms with Crippen LogP contribution in [0.3, 0.4) is 0 Å². The van der Waals surface area contributed by atoms with Crippen molar-refractivity contribution in [2.45, 2.75) is 6.18 Å². The number of aromatic nitrogens is 5. The molecule has 0 bridgehead atoms. The monoisotopic (exact) mass is 565 g/mol.